The van der Waals surface area contributed by atoms with Gasteiger partial charge in [0, 0.05) is 12.1 Å². The second kappa shape index (κ2) is 1.73. The molecule has 2 aliphatic rings. The van der Waals surface area contributed by atoms with Gasteiger partial charge in [-0.15, -0.1) is 0 Å². The second-order valence-corrected chi connectivity index (χ2v) is 3.07. The average Bonchev–Trinajstić information content (AvgIpc) is 2.12. The molecule has 0 radical (unpaired) electrons. The third-order valence-electron chi connectivity index (χ3n) is 2.44. The van der Waals surface area contributed by atoms with Gasteiger partial charge in [-0.1, -0.05) is 6.42 Å². The highest BCUT2D eigenvalue weighted by Gasteiger charge is 2.26. The first-order valence-electron chi connectivity index (χ1n) is 3.71. The predicted molar refractivity (Wildman–Crippen MR) is 33.8 cm³/mol. The van der Waals surface area contributed by atoms with Gasteiger partial charge in [0.15, 0.2) is 0 Å². The molecule has 0 aliphatic carbocycles. The molecule has 0 aromatic heterocycles. The first-order valence-corrected chi connectivity index (χ1v) is 3.71. The molecule has 0 spiro atoms. The zero-order chi connectivity index (χ0) is 5.40. The molecule has 1 nitrogen and oxygen atoms in total. The molecular formula is C7H13N. The maximum absolute atomic E-state index is 3.59. The Kier molecular flexibility index (Phi) is 1.04. The maximum atomic E-state index is 3.59. The molecule has 2 fully saturated rings. The van der Waals surface area contributed by atoms with Crippen LogP contribution in [0.25, 0.3) is 0 Å². The highest BCUT2D eigenvalue weighted by molar-refractivity contribution is 4.87. The summed E-state index contributed by atoms with van der Waals surface area (Å²) in [6.45, 7) is 0. The zero-order valence-electron chi connectivity index (χ0n) is 5.19. The van der Waals surface area contributed by atoms with E-state index in [1.165, 1.54) is 32.1 Å². The molecule has 46 valence electrons. The molecular weight excluding hydrogens is 98.1 g/mol. The van der Waals surface area contributed by atoms with Crippen LogP contribution in [0.5, 0.6) is 0 Å². The van der Waals surface area contributed by atoms with Crippen LogP contribution in [0.1, 0.15) is 32.1 Å². The second-order valence-electron chi connectivity index (χ2n) is 3.07. The van der Waals surface area contributed by atoms with E-state index in [1.54, 1.807) is 0 Å². The fourth-order valence-electron chi connectivity index (χ4n) is 1.97. The summed E-state index contributed by atoms with van der Waals surface area (Å²) in [6, 6.07) is 1.82. The minimum Gasteiger partial charge on any atom is -0.311 e. The molecule has 2 atom stereocenters. The summed E-state index contributed by atoms with van der Waals surface area (Å²) in [4.78, 5) is 0. The summed E-state index contributed by atoms with van der Waals surface area (Å²) in [5, 5.41) is 3.59. The number of hydrogen-bond acceptors (Lipinski definition) is 1. The van der Waals surface area contributed by atoms with Gasteiger partial charge in [-0.25, -0.2) is 0 Å². The van der Waals surface area contributed by atoms with E-state index in [4.69, 9.17) is 0 Å². The van der Waals surface area contributed by atoms with Gasteiger partial charge in [-0.3, -0.25) is 0 Å². The first kappa shape index (κ1) is 4.80. The molecule has 2 heterocycles. The molecule has 2 bridgehead atoms. The highest BCUT2D eigenvalue weighted by Crippen LogP contribution is 2.25. The van der Waals surface area contributed by atoms with Crippen molar-refractivity contribution < 1.29 is 0 Å². The van der Waals surface area contributed by atoms with E-state index in [0.29, 0.717) is 0 Å². The van der Waals surface area contributed by atoms with E-state index in [2.05, 4.69) is 5.32 Å². The lowest BCUT2D eigenvalue weighted by Gasteiger charge is -2.19. The van der Waals surface area contributed by atoms with Crippen LogP contribution in [0.3, 0.4) is 0 Å². The fraction of sp³-hybridized carbons (Fsp3) is 1.00. The van der Waals surface area contributed by atoms with E-state index in [9.17, 15) is 0 Å². The number of nitrogens with one attached hydrogen (secondary N) is 1. The SMILES string of the molecule is C1CC2CC[C@H](C1)N2. The summed E-state index contributed by atoms with van der Waals surface area (Å²) in [5.74, 6) is 0. The predicted octanol–water partition coefficient (Wildman–Crippen LogP) is 1.29. The maximum Gasteiger partial charge on any atom is 0.00702 e. The van der Waals surface area contributed by atoms with Gasteiger partial charge in [-0.2, -0.15) is 0 Å². The van der Waals surface area contributed by atoms with Gasteiger partial charge < -0.3 is 5.32 Å². The third-order valence-corrected chi connectivity index (χ3v) is 2.44. The van der Waals surface area contributed by atoms with E-state index >= 15 is 0 Å². The molecule has 2 saturated heterocycles. The lowest BCUT2D eigenvalue weighted by Crippen LogP contribution is -2.33. The van der Waals surface area contributed by atoms with E-state index in [0.717, 1.165) is 12.1 Å². The summed E-state index contributed by atoms with van der Waals surface area (Å²) < 4.78 is 0. The third kappa shape index (κ3) is 0.655. The Labute approximate surface area is 50.5 Å². The summed E-state index contributed by atoms with van der Waals surface area (Å²) in [6.07, 6.45) is 7.25. The monoisotopic (exact) mass is 111 g/mol. The summed E-state index contributed by atoms with van der Waals surface area (Å²) >= 11 is 0. The van der Waals surface area contributed by atoms with E-state index < -0.39 is 0 Å². The summed E-state index contributed by atoms with van der Waals surface area (Å²) in [5.41, 5.74) is 0. The largest absolute Gasteiger partial charge is 0.311 e. The Hall–Kier alpha value is -0.0400. The lowest BCUT2D eigenvalue weighted by molar-refractivity contribution is 0.406. The number of rotatable bonds is 0. The van der Waals surface area contributed by atoms with Gasteiger partial charge >= 0.3 is 0 Å². The van der Waals surface area contributed by atoms with Crippen molar-refractivity contribution in [2.45, 2.75) is 44.2 Å². The number of piperidine rings is 1. The number of fused-ring (bicyclic) bond motifs is 2. The van der Waals surface area contributed by atoms with Crippen molar-refractivity contribution in [2.75, 3.05) is 0 Å². The zero-order valence-corrected chi connectivity index (χ0v) is 5.19. The Balaban J connectivity index is 2.03. The van der Waals surface area contributed by atoms with Crippen LogP contribution in [-0.2, 0) is 0 Å². The Morgan fingerprint density at radius 2 is 1.50 bits per heavy atom. The molecule has 1 heteroatoms. The molecule has 0 saturated carbocycles. The van der Waals surface area contributed by atoms with Crippen LogP contribution in [0.4, 0.5) is 0 Å². The van der Waals surface area contributed by atoms with Crippen LogP contribution in [-0.4, -0.2) is 12.1 Å². The van der Waals surface area contributed by atoms with Crippen LogP contribution in [0.2, 0.25) is 0 Å². The van der Waals surface area contributed by atoms with Gasteiger partial charge in [0.25, 0.3) is 0 Å². The van der Waals surface area contributed by atoms with Crippen molar-refractivity contribution in [3.8, 4) is 0 Å². The van der Waals surface area contributed by atoms with Crippen LogP contribution in [0, 0.1) is 0 Å². The van der Waals surface area contributed by atoms with Crippen molar-refractivity contribution in [3.63, 3.8) is 0 Å². The van der Waals surface area contributed by atoms with Gasteiger partial charge in [-0.05, 0) is 25.7 Å². The average molecular weight is 111 g/mol. The molecule has 2 aliphatic heterocycles. The molecule has 0 amide bonds. The summed E-state index contributed by atoms with van der Waals surface area (Å²) in [7, 11) is 0. The smallest absolute Gasteiger partial charge is 0.00702 e. The van der Waals surface area contributed by atoms with Crippen molar-refractivity contribution in [1.82, 2.24) is 5.32 Å². The lowest BCUT2D eigenvalue weighted by atomic mass is 10.1. The van der Waals surface area contributed by atoms with Gasteiger partial charge in [0.1, 0.15) is 0 Å². The van der Waals surface area contributed by atoms with Crippen molar-refractivity contribution in [2.24, 2.45) is 0 Å². The molecule has 0 aromatic rings. The Bertz CT molecular complexity index is 76.4. The topological polar surface area (TPSA) is 12.0 Å². The molecule has 1 unspecified atom stereocenters. The van der Waals surface area contributed by atoms with E-state index in [1.807, 2.05) is 0 Å². The molecule has 1 N–H and O–H groups in total. The van der Waals surface area contributed by atoms with Crippen molar-refractivity contribution >= 4 is 0 Å². The van der Waals surface area contributed by atoms with E-state index in [-0.39, 0.29) is 0 Å². The Morgan fingerprint density at radius 1 is 0.875 bits per heavy atom. The molecule has 8 heavy (non-hydrogen) atoms. The minimum absolute atomic E-state index is 0.911. The standard InChI is InChI=1S/C7H13N/c1-2-6-4-5-7(3-1)8-6/h6-8H,1-5H2/t6-,7?/m0/s1. The highest BCUT2D eigenvalue weighted by atomic mass is 15.0. The quantitative estimate of drug-likeness (QED) is 0.496. The van der Waals surface area contributed by atoms with Crippen LogP contribution < -0.4 is 5.32 Å². The first-order chi connectivity index (χ1) is 3.95. The van der Waals surface area contributed by atoms with Crippen LogP contribution in [0.15, 0.2) is 0 Å². The Morgan fingerprint density at radius 3 is 2.00 bits per heavy atom. The number of hydrogen-bond donors (Lipinski definition) is 1. The van der Waals surface area contributed by atoms with Crippen molar-refractivity contribution in [3.05, 3.63) is 0 Å². The molecule has 0 aromatic carbocycles. The minimum atomic E-state index is 0.911. The fourth-order valence-corrected chi connectivity index (χ4v) is 1.97. The van der Waals surface area contributed by atoms with Gasteiger partial charge in [0.2, 0.25) is 0 Å². The van der Waals surface area contributed by atoms with Crippen molar-refractivity contribution in [1.29, 1.82) is 0 Å². The normalized spacial score (nSPS) is 45.0. The van der Waals surface area contributed by atoms with Gasteiger partial charge in [0.05, 0.1) is 0 Å². The molecule has 2 rings (SSSR count). The van der Waals surface area contributed by atoms with Crippen LogP contribution >= 0.6 is 0 Å².